The van der Waals surface area contributed by atoms with Crippen molar-refractivity contribution in [2.24, 2.45) is 0 Å². The summed E-state index contributed by atoms with van der Waals surface area (Å²) in [6.07, 6.45) is 7.49. The molecule has 1 saturated heterocycles. The lowest BCUT2D eigenvalue weighted by Crippen LogP contribution is -2.48. The number of nitrogens with one attached hydrogen (secondary N) is 1. The van der Waals surface area contributed by atoms with Crippen molar-refractivity contribution in [1.29, 1.82) is 0 Å². The number of hydrogen-bond acceptors (Lipinski definition) is 10. The number of nitrogens with zero attached hydrogens (tertiary/aromatic N) is 6. The van der Waals surface area contributed by atoms with E-state index in [1.807, 2.05) is 0 Å². The van der Waals surface area contributed by atoms with E-state index in [1.165, 1.54) is 30.9 Å². The topological polar surface area (TPSA) is 140 Å². The molecule has 4 aromatic rings. The summed E-state index contributed by atoms with van der Waals surface area (Å²) >= 11 is 0. The van der Waals surface area contributed by atoms with E-state index in [0.717, 1.165) is 32.5 Å². The molecule has 5 rings (SSSR count). The lowest BCUT2D eigenvalue weighted by Gasteiger charge is -2.25. The first-order chi connectivity index (χ1) is 20.0. The molecule has 1 aliphatic heterocycles. The number of hydrogen-bond donors (Lipinski definition) is 1. The lowest BCUT2D eigenvalue weighted by molar-refractivity contribution is -0.132. The predicted octanol–water partition coefficient (Wildman–Crippen LogP) is 3.05. The van der Waals surface area contributed by atoms with Crippen LogP contribution in [0.3, 0.4) is 0 Å². The summed E-state index contributed by atoms with van der Waals surface area (Å²) < 4.78 is 30.8. The Bertz CT molecular complexity index is 1450. The van der Waals surface area contributed by atoms with Crippen LogP contribution >= 0.6 is 0 Å². The van der Waals surface area contributed by atoms with E-state index in [0.29, 0.717) is 31.1 Å². The van der Waals surface area contributed by atoms with Gasteiger partial charge in [-0.2, -0.15) is 4.98 Å². The van der Waals surface area contributed by atoms with Gasteiger partial charge in [0.15, 0.2) is 5.76 Å². The van der Waals surface area contributed by atoms with Gasteiger partial charge >= 0.3 is 0 Å². The Morgan fingerprint density at radius 3 is 2.85 bits per heavy atom. The minimum absolute atomic E-state index is 0.109. The van der Waals surface area contributed by atoms with Gasteiger partial charge in [-0.3, -0.25) is 14.6 Å². The van der Waals surface area contributed by atoms with E-state index in [1.54, 1.807) is 36.1 Å². The van der Waals surface area contributed by atoms with E-state index < -0.39 is 17.8 Å². The van der Waals surface area contributed by atoms with Gasteiger partial charge in [0.2, 0.25) is 11.7 Å². The smallest absolute Gasteiger partial charge is 0.287 e. The van der Waals surface area contributed by atoms with Crippen LogP contribution in [0.15, 0.2) is 64.1 Å². The van der Waals surface area contributed by atoms with Crippen LogP contribution in [0.4, 0.5) is 4.39 Å². The molecular formula is C28H30FN7O5. The highest BCUT2D eigenvalue weighted by atomic mass is 19.1. The molecule has 0 radical (unpaired) electrons. The van der Waals surface area contributed by atoms with E-state index in [-0.39, 0.29) is 28.9 Å². The maximum absolute atomic E-state index is 14.8. The first-order valence-electron chi connectivity index (χ1n) is 13.4. The predicted molar refractivity (Wildman–Crippen MR) is 144 cm³/mol. The monoisotopic (exact) mass is 563 g/mol. The highest BCUT2D eigenvalue weighted by molar-refractivity contribution is 5.95. The van der Waals surface area contributed by atoms with Crippen LogP contribution in [-0.2, 0) is 4.79 Å². The number of aromatic nitrogens is 4. The van der Waals surface area contributed by atoms with E-state index in [9.17, 15) is 14.0 Å². The summed E-state index contributed by atoms with van der Waals surface area (Å²) in [7, 11) is 0. The average Bonchev–Trinajstić information content (AvgIpc) is 3.65. The molecule has 3 aromatic heterocycles. The maximum Gasteiger partial charge on any atom is 0.287 e. The highest BCUT2D eigenvalue weighted by Crippen LogP contribution is 2.26. The zero-order valence-corrected chi connectivity index (χ0v) is 22.5. The third-order valence-corrected chi connectivity index (χ3v) is 6.64. The summed E-state index contributed by atoms with van der Waals surface area (Å²) in [6, 6.07) is 7.04. The van der Waals surface area contributed by atoms with Crippen LogP contribution in [0.5, 0.6) is 5.75 Å². The summed E-state index contributed by atoms with van der Waals surface area (Å²) in [5, 5.41) is 6.55. The Hall–Kier alpha value is -4.65. The number of carbonyl (C=O) groups is 2. The first kappa shape index (κ1) is 27.9. The Morgan fingerprint density at radius 2 is 2.07 bits per heavy atom. The normalized spacial score (nSPS) is 14.8. The van der Waals surface area contributed by atoms with Gasteiger partial charge in [-0.25, -0.2) is 9.37 Å². The van der Waals surface area contributed by atoms with Crippen molar-refractivity contribution in [3.05, 3.63) is 66.8 Å². The van der Waals surface area contributed by atoms with E-state index in [4.69, 9.17) is 13.7 Å². The number of halogens is 1. The Balaban J connectivity index is 1.05. The highest BCUT2D eigenvalue weighted by Gasteiger charge is 2.25. The second kappa shape index (κ2) is 13.1. The van der Waals surface area contributed by atoms with Crippen LogP contribution in [0.2, 0.25) is 0 Å². The number of furan rings is 1. The lowest BCUT2D eigenvalue weighted by atomic mass is 10.2. The molecule has 1 aromatic carbocycles. The molecular weight excluding hydrogens is 533 g/mol. The molecule has 0 unspecified atom stereocenters. The fourth-order valence-corrected chi connectivity index (χ4v) is 4.52. The number of ether oxygens (including phenoxy) is 1. The van der Waals surface area contributed by atoms with Crippen molar-refractivity contribution >= 4 is 11.8 Å². The summed E-state index contributed by atoms with van der Waals surface area (Å²) in [5.74, 6) is -0.218. The van der Waals surface area contributed by atoms with Crippen LogP contribution in [0, 0.1) is 5.82 Å². The van der Waals surface area contributed by atoms with Gasteiger partial charge in [-0.15, -0.1) is 0 Å². The molecule has 0 spiro atoms. The van der Waals surface area contributed by atoms with Crippen molar-refractivity contribution in [2.75, 3.05) is 39.3 Å². The van der Waals surface area contributed by atoms with Gasteiger partial charge in [-0.05, 0) is 50.6 Å². The minimum atomic E-state index is -0.653. The fourth-order valence-electron chi connectivity index (χ4n) is 4.52. The summed E-state index contributed by atoms with van der Waals surface area (Å²) in [6.45, 7) is 5.63. The molecule has 12 nitrogen and oxygen atoms in total. The molecule has 0 aliphatic carbocycles. The van der Waals surface area contributed by atoms with E-state index >= 15 is 0 Å². The Kier molecular flexibility index (Phi) is 8.94. The van der Waals surface area contributed by atoms with Gasteiger partial charge in [0.25, 0.3) is 11.8 Å². The Morgan fingerprint density at radius 1 is 1.17 bits per heavy atom. The second-order valence-corrected chi connectivity index (χ2v) is 9.55. The quantitative estimate of drug-likeness (QED) is 0.286. The SMILES string of the molecule is C[C@H](NC(=O)c1ccco1)C(=O)N1CCCN(CCCOc2ccc(-c3noc(-c4cnccn4)n3)c(F)c2)CC1. The molecule has 214 valence electrons. The molecule has 1 aliphatic rings. The van der Waals surface area contributed by atoms with Gasteiger partial charge in [0, 0.05) is 44.6 Å². The van der Waals surface area contributed by atoms with Gasteiger partial charge < -0.3 is 28.8 Å². The van der Waals surface area contributed by atoms with Crippen LogP contribution in [-0.4, -0.2) is 87.1 Å². The largest absolute Gasteiger partial charge is 0.493 e. The molecule has 0 bridgehead atoms. The summed E-state index contributed by atoms with van der Waals surface area (Å²) in [4.78, 5) is 41.4. The van der Waals surface area contributed by atoms with Crippen molar-refractivity contribution in [2.45, 2.75) is 25.8 Å². The van der Waals surface area contributed by atoms with Crippen molar-refractivity contribution in [3.8, 4) is 28.7 Å². The number of rotatable bonds is 10. The standard InChI is InChI=1S/C28H30FN7O5/c1-19(32-26(37)24-5-2-15-40-24)28(38)36-12-3-10-35(13-14-36)11-4-16-39-20-6-7-21(22(29)17-20)25-33-27(41-34-25)23-18-30-8-9-31-23/h2,5-9,15,17-19H,3-4,10-14,16H2,1H3,(H,32,37)/t19-/m0/s1. The fraction of sp³-hybridized carbons (Fsp3) is 0.357. The molecule has 1 fully saturated rings. The van der Waals surface area contributed by atoms with Crippen LogP contribution in [0.25, 0.3) is 23.0 Å². The second-order valence-electron chi connectivity index (χ2n) is 9.55. The molecule has 1 N–H and O–H groups in total. The van der Waals surface area contributed by atoms with Gasteiger partial charge in [-0.1, -0.05) is 5.16 Å². The molecule has 2 amide bonds. The third kappa shape index (κ3) is 7.11. The number of benzene rings is 1. The van der Waals surface area contributed by atoms with Crippen molar-refractivity contribution in [3.63, 3.8) is 0 Å². The van der Waals surface area contributed by atoms with Crippen LogP contribution in [0.1, 0.15) is 30.3 Å². The van der Waals surface area contributed by atoms with Crippen molar-refractivity contribution in [1.82, 2.24) is 35.2 Å². The van der Waals surface area contributed by atoms with Gasteiger partial charge in [0.1, 0.15) is 23.3 Å². The minimum Gasteiger partial charge on any atom is -0.493 e. The maximum atomic E-state index is 14.8. The van der Waals surface area contributed by atoms with Crippen molar-refractivity contribution < 1.29 is 27.7 Å². The zero-order valence-electron chi connectivity index (χ0n) is 22.5. The first-order valence-corrected chi connectivity index (χ1v) is 13.4. The molecule has 4 heterocycles. The van der Waals surface area contributed by atoms with Crippen LogP contribution < -0.4 is 10.1 Å². The molecule has 1 atom stereocenters. The number of carbonyl (C=O) groups excluding carboxylic acids is 2. The summed E-state index contributed by atoms with van der Waals surface area (Å²) in [5.41, 5.74) is 0.592. The average molecular weight is 564 g/mol. The third-order valence-electron chi connectivity index (χ3n) is 6.64. The molecule has 0 saturated carbocycles. The zero-order chi connectivity index (χ0) is 28.6. The Labute approximate surface area is 235 Å². The molecule has 41 heavy (non-hydrogen) atoms. The molecule has 13 heteroatoms. The van der Waals surface area contributed by atoms with E-state index in [2.05, 4.69) is 30.3 Å². The van der Waals surface area contributed by atoms with Gasteiger partial charge in [0.05, 0.1) is 24.6 Å². The number of amides is 2.